The molecule has 0 aliphatic carbocycles. The first-order valence-electron chi connectivity index (χ1n) is 2.43. The van der Waals surface area contributed by atoms with Crippen molar-refractivity contribution in [3.8, 4) is 0 Å². The van der Waals surface area contributed by atoms with Gasteiger partial charge in [-0.2, -0.15) is 0 Å². The highest BCUT2D eigenvalue weighted by Gasteiger charge is 1.82. The average molecular weight is 107 g/mol. The molecule has 1 aromatic heterocycles. The molecule has 2 nitrogen and oxygen atoms in total. The van der Waals surface area contributed by atoms with Crippen molar-refractivity contribution in [3.05, 3.63) is 23.9 Å². The van der Waals surface area contributed by atoms with Gasteiger partial charge in [0.15, 0.2) is 0 Å². The monoisotopic (exact) mass is 107 g/mol. The fourth-order valence-corrected chi connectivity index (χ4v) is 0.468. The van der Waals surface area contributed by atoms with Crippen LogP contribution < -0.4 is 5.73 Å². The third kappa shape index (κ3) is 0.964. The summed E-state index contributed by atoms with van der Waals surface area (Å²) in [6.07, 6.45) is 1.68. The Morgan fingerprint density at radius 3 is 2.62 bits per heavy atom. The molecule has 1 N–H and O–H groups in total. The lowest BCUT2D eigenvalue weighted by atomic mass is 10.3. The van der Waals surface area contributed by atoms with Crippen LogP contribution >= 0.6 is 0 Å². The molecule has 1 rings (SSSR count). The van der Waals surface area contributed by atoms with E-state index in [4.69, 9.17) is 5.73 Å². The van der Waals surface area contributed by atoms with Gasteiger partial charge in [-0.15, -0.1) is 0 Å². The molecule has 2 heteroatoms. The predicted octanol–water partition coefficient (Wildman–Crippen LogP) is 1.30. The summed E-state index contributed by atoms with van der Waals surface area (Å²) < 4.78 is 0. The zero-order valence-corrected chi connectivity index (χ0v) is 4.68. The summed E-state index contributed by atoms with van der Waals surface area (Å²) in [5.74, 6) is 0.329. The third-order valence-corrected chi connectivity index (χ3v) is 0.911. The van der Waals surface area contributed by atoms with Gasteiger partial charge in [0.05, 0.1) is 0 Å². The molecular formula is C6H7N2. The Hall–Kier alpha value is -1.05. The van der Waals surface area contributed by atoms with Crippen LogP contribution in [0.4, 0.5) is 5.82 Å². The molecule has 1 radical (unpaired) electrons. The number of nitrogens with zero attached hydrogens (tertiary/aromatic N) is 1. The second kappa shape index (κ2) is 1.82. The third-order valence-electron chi connectivity index (χ3n) is 0.911. The van der Waals surface area contributed by atoms with E-state index in [0.717, 1.165) is 5.56 Å². The maximum Gasteiger partial charge on any atom is 0.144 e. The number of pyridine rings is 1. The average Bonchev–Trinajstić information content (AvgIpc) is 1.77. The van der Waals surface area contributed by atoms with E-state index < -0.39 is 0 Å². The van der Waals surface area contributed by atoms with Crippen LogP contribution in [0.25, 0.3) is 0 Å². The first kappa shape index (κ1) is 5.09. The van der Waals surface area contributed by atoms with Crippen molar-refractivity contribution in [3.63, 3.8) is 0 Å². The Labute approximate surface area is 48.4 Å². The van der Waals surface area contributed by atoms with Gasteiger partial charge in [0.1, 0.15) is 5.82 Å². The SMILES string of the molecule is Cc1ccc([NH])nc1. The highest BCUT2D eigenvalue weighted by Crippen LogP contribution is 1.98. The first-order valence-corrected chi connectivity index (χ1v) is 2.43. The Kier molecular flexibility index (Phi) is 1.16. The minimum atomic E-state index is 0.329. The highest BCUT2D eigenvalue weighted by molar-refractivity contribution is 5.24. The summed E-state index contributed by atoms with van der Waals surface area (Å²) in [7, 11) is 0. The normalized spacial score (nSPS) is 9.12. The minimum absolute atomic E-state index is 0.329. The minimum Gasteiger partial charge on any atom is -0.283 e. The predicted molar refractivity (Wildman–Crippen MR) is 31.7 cm³/mol. The standard InChI is InChI=1S/C6H7N2/c1-5-2-3-6(7)8-4-5/h2-4,7H,1H3. The number of aromatic nitrogens is 1. The summed E-state index contributed by atoms with van der Waals surface area (Å²) in [6, 6.07) is 3.55. The molecule has 0 fully saturated rings. The molecule has 0 saturated carbocycles. The van der Waals surface area contributed by atoms with Crippen LogP contribution in [0.5, 0.6) is 0 Å². The first-order chi connectivity index (χ1) is 3.79. The Morgan fingerprint density at radius 1 is 1.50 bits per heavy atom. The molecule has 1 aromatic rings. The van der Waals surface area contributed by atoms with E-state index >= 15 is 0 Å². The fourth-order valence-electron chi connectivity index (χ4n) is 0.468. The highest BCUT2D eigenvalue weighted by atomic mass is 14.8. The summed E-state index contributed by atoms with van der Waals surface area (Å²) in [4.78, 5) is 3.75. The van der Waals surface area contributed by atoms with Crippen LogP contribution in [0.1, 0.15) is 5.56 Å². The molecule has 0 amide bonds. The van der Waals surface area contributed by atoms with Gasteiger partial charge in [-0.3, -0.25) is 5.73 Å². The van der Waals surface area contributed by atoms with E-state index in [1.165, 1.54) is 0 Å². The molecule has 0 unspecified atom stereocenters. The topological polar surface area (TPSA) is 36.7 Å². The maximum absolute atomic E-state index is 6.98. The van der Waals surface area contributed by atoms with Gasteiger partial charge in [-0.05, 0) is 18.6 Å². The van der Waals surface area contributed by atoms with E-state index in [0.29, 0.717) is 5.82 Å². The summed E-state index contributed by atoms with van der Waals surface area (Å²) in [6.45, 7) is 1.95. The molecule has 0 bridgehead atoms. The van der Waals surface area contributed by atoms with Crippen LogP contribution in [0, 0.1) is 6.92 Å². The number of rotatable bonds is 0. The molecule has 0 aromatic carbocycles. The van der Waals surface area contributed by atoms with Crippen molar-refractivity contribution in [1.29, 1.82) is 0 Å². The quantitative estimate of drug-likeness (QED) is 0.492. The van der Waals surface area contributed by atoms with Crippen LogP contribution in [0.2, 0.25) is 0 Å². The molecule has 8 heavy (non-hydrogen) atoms. The van der Waals surface area contributed by atoms with Gasteiger partial charge in [0.25, 0.3) is 0 Å². The van der Waals surface area contributed by atoms with Gasteiger partial charge in [0.2, 0.25) is 0 Å². The van der Waals surface area contributed by atoms with Crippen molar-refractivity contribution < 1.29 is 0 Å². The lowest BCUT2D eigenvalue weighted by Crippen LogP contribution is -1.76. The van der Waals surface area contributed by atoms with Gasteiger partial charge < -0.3 is 0 Å². The van der Waals surface area contributed by atoms with Gasteiger partial charge >= 0.3 is 0 Å². The summed E-state index contributed by atoms with van der Waals surface area (Å²) in [5, 5.41) is 0. The summed E-state index contributed by atoms with van der Waals surface area (Å²) >= 11 is 0. The van der Waals surface area contributed by atoms with Crippen LogP contribution in [0.3, 0.4) is 0 Å². The van der Waals surface area contributed by atoms with Gasteiger partial charge in [-0.25, -0.2) is 4.98 Å². The lowest BCUT2D eigenvalue weighted by molar-refractivity contribution is 1.22. The molecule has 0 saturated heterocycles. The van der Waals surface area contributed by atoms with Crippen molar-refractivity contribution in [2.24, 2.45) is 0 Å². The van der Waals surface area contributed by atoms with Crippen molar-refractivity contribution in [2.45, 2.75) is 6.92 Å². The van der Waals surface area contributed by atoms with Crippen molar-refractivity contribution in [2.75, 3.05) is 0 Å². The molecule has 1 heterocycles. The van der Waals surface area contributed by atoms with E-state index in [1.807, 2.05) is 13.0 Å². The van der Waals surface area contributed by atoms with Gasteiger partial charge in [0, 0.05) is 6.20 Å². The Morgan fingerprint density at radius 2 is 2.25 bits per heavy atom. The molecular weight excluding hydrogens is 100 g/mol. The number of aryl methyl sites for hydroxylation is 1. The number of hydrogen-bond acceptors (Lipinski definition) is 1. The summed E-state index contributed by atoms with van der Waals surface area (Å²) in [5.41, 5.74) is 8.08. The number of nitrogens with one attached hydrogen (secondary N) is 1. The van der Waals surface area contributed by atoms with Crippen molar-refractivity contribution in [1.82, 2.24) is 10.7 Å². The zero-order valence-electron chi connectivity index (χ0n) is 4.68. The van der Waals surface area contributed by atoms with Crippen LogP contribution in [-0.2, 0) is 0 Å². The largest absolute Gasteiger partial charge is 0.283 e. The second-order valence-electron chi connectivity index (χ2n) is 1.72. The Balaban J connectivity index is 3.03. The zero-order chi connectivity index (χ0) is 5.98. The fraction of sp³-hybridized carbons (Fsp3) is 0.167. The second-order valence-corrected chi connectivity index (χ2v) is 1.72. The molecule has 0 aliphatic heterocycles. The lowest BCUT2D eigenvalue weighted by Gasteiger charge is -1.88. The Bertz CT molecular complexity index is 145. The number of hydrogen-bond donors (Lipinski definition) is 0. The van der Waals surface area contributed by atoms with E-state index in [2.05, 4.69) is 4.98 Å². The molecule has 0 aliphatic rings. The van der Waals surface area contributed by atoms with E-state index in [9.17, 15) is 0 Å². The molecule has 0 spiro atoms. The maximum atomic E-state index is 6.98. The molecule has 0 atom stereocenters. The molecule has 41 valence electrons. The smallest absolute Gasteiger partial charge is 0.144 e. The van der Waals surface area contributed by atoms with E-state index in [-0.39, 0.29) is 0 Å². The van der Waals surface area contributed by atoms with Crippen LogP contribution in [0.15, 0.2) is 18.3 Å². The van der Waals surface area contributed by atoms with E-state index in [1.54, 1.807) is 12.3 Å². The van der Waals surface area contributed by atoms with Crippen molar-refractivity contribution >= 4 is 5.82 Å². The van der Waals surface area contributed by atoms with Crippen LogP contribution in [-0.4, -0.2) is 4.98 Å². The van der Waals surface area contributed by atoms with Gasteiger partial charge in [-0.1, -0.05) is 6.07 Å².